The van der Waals surface area contributed by atoms with Crippen molar-refractivity contribution in [3.05, 3.63) is 461 Å². The van der Waals surface area contributed by atoms with Crippen LogP contribution in [0.25, 0.3) is 304 Å². The fourth-order valence-corrected chi connectivity index (χ4v) is 24.9. The van der Waals surface area contributed by atoms with Gasteiger partial charge in [-0.05, 0) is 301 Å². The Morgan fingerprint density at radius 2 is 0.415 bits per heavy atom. The molecule has 0 saturated carbocycles. The summed E-state index contributed by atoms with van der Waals surface area (Å²) in [6.07, 6.45) is 0. The van der Waals surface area contributed by atoms with Crippen molar-refractivity contribution in [1.29, 1.82) is 0 Å². The lowest BCUT2D eigenvalue weighted by molar-refractivity contribution is 0.662. The lowest BCUT2D eigenvalue weighted by Gasteiger charge is -2.16. The van der Waals surface area contributed by atoms with Crippen molar-refractivity contribution in [3.63, 3.8) is 0 Å². The third kappa shape index (κ3) is 11.2. The summed E-state index contributed by atoms with van der Waals surface area (Å²) in [5.74, 6) is 0. The van der Waals surface area contributed by atoms with E-state index in [2.05, 4.69) is 461 Å². The summed E-state index contributed by atoms with van der Waals surface area (Å²) in [6, 6.07) is 169. The second-order valence-electron chi connectivity index (χ2n) is 36.3. The minimum Gasteiger partial charge on any atom is -0.456 e. The predicted molar refractivity (Wildman–Crippen MR) is 581 cm³/mol. The largest absolute Gasteiger partial charge is 0.456 e. The topological polar surface area (TPSA) is 26.3 Å². The van der Waals surface area contributed by atoms with Crippen molar-refractivity contribution in [1.82, 2.24) is 0 Å². The molecule has 0 atom stereocenters. The van der Waals surface area contributed by atoms with E-state index in [9.17, 15) is 0 Å². The van der Waals surface area contributed by atoms with Crippen molar-refractivity contribution in [2.45, 2.75) is 0 Å². The molecule has 3 aromatic heterocycles. The lowest BCUT2D eigenvalue weighted by Crippen LogP contribution is -1.89. The summed E-state index contributed by atoms with van der Waals surface area (Å²) in [5.41, 5.74) is 21.4. The van der Waals surface area contributed by atoms with Gasteiger partial charge in [0.05, 0.1) is 0 Å². The first-order valence-electron chi connectivity index (χ1n) is 46.7. The maximum atomic E-state index is 6.87. The monoisotopic (exact) mass is 1720 g/mol. The Morgan fingerprint density at radius 3 is 0.815 bits per heavy atom. The molecular formula is C132H76O2S. The molecule has 31 aromatic rings. The molecule has 0 fully saturated rings. The van der Waals surface area contributed by atoms with Gasteiger partial charge in [-0.3, -0.25) is 0 Å². The van der Waals surface area contributed by atoms with E-state index in [0.717, 1.165) is 33.1 Å². The highest BCUT2D eigenvalue weighted by Crippen LogP contribution is 2.59. The SMILES string of the molecule is c1ccc(-c2c3ccccc3c(-c3ccccc3)c3c4ccc5c6cc7cc(-c8cccc9ccccc89)ccc7cc6oc6ccc(c23)c4c65)cc1.c1ccc(-c2c3ccccc3c(-c3ccccc3)c3c4ccc5c6cc7ccccc7cc6oc6ccc(c23)c4c65)cc1.c1ccc(-c2c3ccccc3c(-c3ccccc3)c3c4ccc5c6ccccc6sc6ccc(c23)c4c65)cc1. The number of hydrogen-bond acceptors (Lipinski definition) is 3. The molecule has 135 heavy (non-hydrogen) atoms. The summed E-state index contributed by atoms with van der Waals surface area (Å²) in [4.78, 5) is 0. The molecule has 3 heteroatoms. The van der Waals surface area contributed by atoms with Crippen molar-refractivity contribution < 1.29 is 8.83 Å². The second kappa shape index (κ2) is 29.6. The van der Waals surface area contributed by atoms with Gasteiger partial charge in [-0.15, -0.1) is 11.3 Å². The molecule has 28 aromatic carbocycles. The van der Waals surface area contributed by atoms with E-state index in [4.69, 9.17) is 8.83 Å². The third-order valence-electron chi connectivity index (χ3n) is 29.3. The van der Waals surface area contributed by atoms with Gasteiger partial charge in [0, 0.05) is 47.1 Å². The van der Waals surface area contributed by atoms with E-state index in [1.807, 2.05) is 11.3 Å². The van der Waals surface area contributed by atoms with Gasteiger partial charge < -0.3 is 8.83 Å². The van der Waals surface area contributed by atoms with Crippen molar-refractivity contribution in [2.75, 3.05) is 0 Å². The van der Waals surface area contributed by atoms with E-state index >= 15 is 0 Å². The van der Waals surface area contributed by atoms with Crippen LogP contribution in [0.2, 0.25) is 0 Å². The molecule has 2 nitrogen and oxygen atoms in total. The van der Waals surface area contributed by atoms with E-state index in [1.165, 1.54) is 270 Å². The number of rotatable bonds is 7. The van der Waals surface area contributed by atoms with Gasteiger partial charge in [-0.1, -0.05) is 394 Å². The highest BCUT2D eigenvalue weighted by Gasteiger charge is 2.31. The molecule has 31 rings (SSSR count). The molecule has 0 saturated heterocycles. The molecule has 0 N–H and O–H groups in total. The Balaban J connectivity index is 0.0000000997. The van der Waals surface area contributed by atoms with Gasteiger partial charge in [-0.25, -0.2) is 0 Å². The maximum absolute atomic E-state index is 6.87. The first-order chi connectivity index (χ1) is 67.0. The Labute approximate surface area is 778 Å². The fraction of sp³-hybridized carbons (Fsp3) is 0. The molecular weight excluding hydrogens is 1650 g/mol. The van der Waals surface area contributed by atoms with Crippen molar-refractivity contribution >= 4 is 237 Å². The van der Waals surface area contributed by atoms with Crippen LogP contribution in [-0.2, 0) is 0 Å². The summed E-state index contributed by atoms with van der Waals surface area (Å²) in [6.45, 7) is 0. The van der Waals surface area contributed by atoms with E-state index in [-0.39, 0.29) is 0 Å². The zero-order valence-corrected chi connectivity index (χ0v) is 73.9. The highest BCUT2D eigenvalue weighted by molar-refractivity contribution is 7.25. The van der Waals surface area contributed by atoms with Crippen LogP contribution >= 0.6 is 11.3 Å². The Kier molecular flexibility index (Phi) is 16.5. The van der Waals surface area contributed by atoms with Crippen LogP contribution in [0, 0.1) is 0 Å². The normalized spacial score (nSPS) is 12.1. The molecule has 0 spiro atoms. The Bertz CT molecular complexity index is 10100. The average molecular weight is 1730 g/mol. The van der Waals surface area contributed by atoms with Gasteiger partial charge in [0.15, 0.2) is 0 Å². The fourth-order valence-electron chi connectivity index (χ4n) is 23.8. The first-order valence-corrected chi connectivity index (χ1v) is 47.5. The van der Waals surface area contributed by atoms with Crippen LogP contribution in [0.5, 0.6) is 0 Å². The second-order valence-corrected chi connectivity index (χ2v) is 37.4. The molecule has 0 amide bonds. The van der Waals surface area contributed by atoms with Crippen LogP contribution in [0.1, 0.15) is 0 Å². The summed E-state index contributed by atoms with van der Waals surface area (Å²) >= 11 is 1.90. The van der Waals surface area contributed by atoms with Crippen LogP contribution in [-0.4, -0.2) is 0 Å². The van der Waals surface area contributed by atoms with Crippen molar-refractivity contribution in [3.8, 4) is 77.9 Å². The van der Waals surface area contributed by atoms with Gasteiger partial charge in [0.2, 0.25) is 0 Å². The molecule has 622 valence electrons. The number of fused-ring (bicyclic) bond motifs is 21. The first kappa shape index (κ1) is 75.5. The van der Waals surface area contributed by atoms with E-state index < -0.39 is 0 Å². The maximum Gasteiger partial charge on any atom is 0.135 e. The third-order valence-corrected chi connectivity index (χ3v) is 30.4. The Morgan fingerprint density at radius 1 is 0.126 bits per heavy atom. The smallest absolute Gasteiger partial charge is 0.135 e. The van der Waals surface area contributed by atoms with Crippen LogP contribution in [0.3, 0.4) is 0 Å². The molecule has 0 unspecified atom stereocenters. The molecule has 0 radical (unpaired) electrons. The molecule has 0 aliphatic carbocycles. The summed E-state index contributed by atoms with van der Waals surface area (Å²) in [5, 5.41) is 45.9. The molecule has 3 heterocycles. The average Bonchev–Trinajstić information content (AvgIpc) is 1.53. The van der Waals surface area contributed by atoms with Crippen LogP contribution < -0.4 is 0 Å². The minimum atomic E-state index is 0.905. The Hall–Kier alpha value is -17.3. The number of benzene rings is 25. The molecule has 0 bridgehead atoms. The van der Waals surface area contributed by atoms with Gasteiger partial charge >= 0.3 is 0 Å². The highest BCUT2D eigenvalue weighted by atomic mass is 32.1. The summed E-state index contributed by atoms with van der Waals surface area (Å²) < 4.78 is 16.3. The number of hydrogen-bond donors (Lipinski definition) is 0. The van der Waals surface area contributed by atoms with Crippen LogP contribution in [0.4, 0.5) is 0 Å². The van der Waals surface area contributed by atoms with Gasteiger partial charge in [0.1, 0.15) is 22.3 Å². The quantitative estimate of drug-likeness (QED) is 0.117. The van der Waals surface area contributed by atoms with Gasteiger partial charge in [0.25, 0.3) is 0 Å². The zero-order valence-electron chi connectivity index (χ0n) is 73.1. The predicted octanol–water partition coefficient (Wildman–Crippen LogP) is 38.5. The van der Waals surface area contributed by atoms with Gasteiger partial charge in [-0.2, -0.15) is 0 Å². The molecule has 0 aliphatic rings. The van der Waals surface area contributed by atoms with E-state index in [1.54, 1.807) is 0 Å². The lowest BCUT2D eigenvalue weighted by atomic mass is 9.86. The van der Waals surface area contributed by atoms with E-state index in [0.29, 0.717) is 0 Å². The zero-order chi connectivity index (χ0) is 88.2. The van der Waals surface area contributed by atoms with Crippen molar-refractivity contribution in [2.24, 2.45) is 0 Å². The summed E-state index contributed by atoms with van der Waals surface area (Å²) in [7, 11) is 0. The minimum absolute atomic E-state index is 0.905. The molecule has 0 aliphatic heterocycles. The standard InChI is InChI=1S/C52H30O.C42H24O.C38H22S/c1-3-13-32(14-4-1)47-39-19-9-10-20-40(39)48(33-15-5-2-6-16-33)52-43-26-27-45-50-41(24-25-42(49(43)50)51(47)52)44-29-36-28-35(23-22-34(36)30-46(44)53-45)38-21-11-17-31-12-7-8-18-37(31)38;1-3-11-25(12-4-1)37-29-17-9-10-18-30(29)38(26-13-5-2-6-14-26)42-33-21-22-35-40-31(19-20-32(39(33)40)41(37)42)34-23-27-15-7-8-16-28(27)24-36(34)43-35;1-3-11-23(12-4-1)33-26-16-7-8-17-27(26)34(24-13-5-2-6-14-24)38-30-21-22-32-36-28(19-20-29(35(30)36)37(33)38)25-15-9-10-18-31(25)39-32/h1-30H;1-24H;1-22H. The van der Waals surface area contributed by atoms with Crippen LogP contribution in [0.15, 0.2) is 470 Å².